The maximum atomic E-state index is 10.1. The number of hydrogen-bond acceptors (Lipinski definition) is 2. The quantitative estimate of drug-likeness (QED) is 0.888. The van der Waals surface area contributed by atoms with E-state index in [-0.39, 0.29) is 12.2 Å². The normalized spacial score (nSPS) is 38.9. The van der Waals surface area contributed by atoms with Crippen molar-refractivity contribution in [3.05, 3.63) is 35.9 Å². The van der Waals surface area contributed by atoms with E-state index in [1.807, 2.05) is 18.2 Å². The van der Waals surface area contributed by atoms with Crippen LogP contribution < -0.4 is 0 Å². The van der Waals surface area contributed by atoms with Gasteiger partial charge in [-0.1, -0.05) is 37.3 Å². The molecule has 98 valence electrons. The molecule has 2 saturated carbocycles. The molecule has 1 N–H and O–H groups in total. The van der Waals surface area contributed by atoms with Crippen molar-refractivity contribution in [2.45, 2.75) is 45.0 Å². The zero-order valence-electron chi connectivity index (χ0n) is 11.0. The van der Waals surface area contributed by atoms with E-state index in [1.54, 1.807) is 0 Å². The van der Waals surface area contributed by atoms with Gasteiger partial charge in [0.05, 0.1) is 18.8 Å². The molecule has 2 nitrogen and oxygen atoms in total. The highest BCUT2D eigenvalue weighted by atomic mass is 16.5. The third-order valence-electron chi connectivity index (χ3n) is 4.81. The highest BCUT2D eigenvalue weighted by Gasteiger charge is 2.45. The SMILES string of the molecule is C[C@H]1C[C@H](OCc2ccccc2)[C@H]2C[C@@H]1C[C@H]2O. The lowest BCUT2D eigenvalue weighted by Gasteiger charge is -2.33. The van der Waals surface area contributed by atoms with Crippen LogP contribution in [0, 0.1) is 17.8 Å². The molecular weight excluding hydrogens is 224 g/mol. The predicted molar refractivity (Wildman–Crippen MR) is 71.0 cm³/mol. The molecule has 2 bridgehead atoms. The first kappa shape index (κ1) is 12.2. The van der Waals surface area contributed by atoms with Crippen molar-refractivity contribution < 1.29 is 9.84 Å². The Labute approximate surface area is 109 Å². The van der Waals surface area contributed by atoms with E-state index in [1.165, 1.54) is 5.56 Å². The second-order valence-electron chi connectivity index (χ2n) is 6.01. The van der Waals surface area contributed by atoms with Crippen LogP contribution in [0.2, 0.25) is 0 Å². The van der Waals surface area contributed by atoms with Gasteiger partial charge in [0, 0.05) is 5.92 Å². The van der Waals surface area contributed by atoms with E-state index < -0.39 is 0 Å². The summed E-state index contributed by atoms with van der Waals surface area (Å²) in [6, 6.07) is 10.3. The van der Waals surface area contributed by atoms with Crippen molar-refractivity contribution in [2.24, 2.45) is 17.8 Å². The molecule has 0 aliphatic heterocycles. The number of hydrogen-bond donors (Lipinski definition) is 1. The molecule has 0 spiro atoms. The lowest BCUT2D eigenvalue weighted by molar-refractivity contribution is -0.0531. The molecule has 1 aromatic rings. The lowest BCUT2D eigenvalue weighted by Crippen LogP contribution is -2.34. The maximum absolute atomic E-state index is 10.1. The van der Waals surface area contributed by atoms with Crippen molar-refractivity contribution >= 4 is 0 Å². The van der Waals surface area contributed by atoms with E-state index in [4.69, 9.17) is 4.74 Å². The molecule has 0 radical (unpaired) electrons. The van der Waals surface area contributed by atoms with Gasteiger partial charge < -0.3 is 9.84 Å². The minimum absolute atomic E-state index is 0.138. The second-order valence-corrected chi connectivity index (χ2v) is 6.01. The monoisotopic (exact) mass is 246 g/mol. The van der Waals surface area contributed by atoms with Gasteiger partial charge in [0.2, 0.25) is 0 Å². The molecule has 0 unspecified atom stereocenters. The molecule has 0 heterocycles. The number of aliphatic hydroxyl groups is 1. The average molecular weight is 246 g/mol. The van der Waals surface area contributed by atoms with Gasteiger partial charge in [-0.15, -0.1) is 0 Å². The molecule has 18 heavy (non-hydrogen) atoms. The molecule has 3 rings (SSSR count). The minimum atomic E-state index is -0.138. The number of benzene rings is 1. The van der Waals surface area contributed by atoms with Crippen LogP contribution >= 0.6 is 0 Å². The molecule has 2 fully saturated rings. The Kier molecular flexibility index (Phi) is 3.40. The van der Waals surface area contributed by atoms with E-state index in [9.17, 15) is 5.11 Å². The Morgan fingerprint density at radius 1 is 1.17 bits per heavy atom. The molecule has 2 aliphatic carbocycles. The number of rotatable bonds is 3. The van der Waals surface area contributed by atoms with Crippen molar-refractivity contribution in [1.29, 1.82) is 0 Å². The van der Waals surface area contributed by atoms with E-state index in [0.717, 1.165) is 25.2 Å². The lowest BCUT2D eigenvalue weighted by atomic mass is 9.79. The van der Waals surface area contributed by atoms with Crippen molar-refractivity contribution in [3.8, 4) is 0 Å². The fraction of sp³-hybridized carbons (Fsp3) is 0.625. The summed E-state index contributed by atoms with van der Waals surface area (Å²) in [6.07, 6.45) is 3.35. The van der Waals surface area contributed by atoms with Crippen LogP contribution in [0.25, 0.3) is 0 Å². The van der Waals surface area contributed by atoms with E-state index >= 15 is 0 Å². The summed E-state index contributed by atoms with van der Waals surface area (Å²) in [5.74, 6) is 1.79. The fourth-order valence-corrected chi connectivity index (χ4v) is 3.65. The number of ether oxygens (including phenoxy) is 1. The van der Waals surface area contributed by atoms with Crippen LogP contribution in [0.5, 0.6) is 0 Å². The summed E-state index contributed by atoms with van der Waals surface area (Å²) in [4.78, 5) is 0. The molecule has 2 aliphatic rings. The molecule has 0 saturated heterocycles. The Balaban J connectivity index is 1.62. The summed E-state index contributed by atoms with van der Waals surface area (Å²) in [7, 11) is 0. The van der Waals surface area contributed by atoms with Crippen LogP contribution in [0.15, 0.2) is 30.3 Å². The predicted octanol–water partition coefficient (Wildman–Crippen LogP) is 3.00. The van der Waals surface area contributed by atoms with Gasteiger partial charge in [0.25, 0.3) is 0 Å². The number of aliphatic hydroxyl groups excluding tert-OH is 1. The van der Waals surface area contributed by atoms with Crippen molar-refractivity contribution in [3.63, 3.8) is 0 Å². The Morgan fingerprint density at radius 2 is 1.94 bits per heavy atom. The van der Waals surface area contributed by atoms with E-state index in [2.05, 4.69) is 19.1 Å². The Bertz CT molecular complexity index is 389. The van der Waals surface area contributed by atoms with Crippen LogP contribution in [-0.2, 0) is 11.3 Å². The smallest absolute Gasteiger partial charge is 0.0720 e. The van der Waals surface area contributed by atoms with Crippen LogP contribution in [0.4, 0.5) is 0 Å². The zero-order valence-corrected chi connectivity index (χ0v) is 11.0. The van der Waals surface area contributed by atoms with Crippen molar-refractivity contribution in [2.75, 3.05) is 0 Å². The van der Waals surface area contributed by atoms with Gasteiger partial charge in [0.1, 0.15) is 0 Å². The highest BCUT2D eigenvalue weighted by Crippen LogP contribution is 2.46. The van der Waals surface area contributed by atoms with Gasteiger partial charge in [-0.25, -0.2) is 0 Å². The molecule has 0 aromatic heterocycles. The molecule has 5 atom stereocenters. The summed E-state index contributed by atoms with van der Waals surface area (Å²) in [5.41, 5.74) is 1.22. The summed E-state index contributed by atoms with van der Waals surface area (Å²) in [6.45, 7) is 2.98. The number of fused-ring (bicyclic) bond motifs is 2. The van der Waals surface area contributed by atoms with Gasteiger partial charge in [0.15, 0.2) is 0 Å². The summed E-state index contributed by atoms with van der Waals surface area (Å²) < 4.78 is 6.08. The van der Waals surface area contributed by atoms with Gasteiger partial charge in [-0.05, 0) is 36.7 Å². The van der Waals surface area contributed by atoms with Gasteiger partial charge in [-0.2, -0.15) is 0 Å². The second kappa shape index (κ2) is 5.02. The van der Waals surface area contributed by atoms with Gasteiger partial charge in [-0.3, -0.25) is 0 Å². The van der Waals surface area contributed by atoms with Gasteiger partial charge >= 0.3 is 0 Å². The summed E-state index contributed by atoms with van der Waals surface area (Å²) in [5, 5.41) is 10.1. The largest absolute Gasteiger partial charge is 0.393 e. The Hall–Kier alpha value is -0.860. The standard InChI is InChI=1S/C16H22O2/c1-11-7-16(14-8-13(11)9-15(14)17)18-10-12-5-3-2-4-6-12/h2-6,11,13-17H,7-10H2,1H3/t11-,13+,14-,15+,16-/m0/s1. The molecular formula is C16H22O2. The first-order valence-corrected chi connectivity index (χ1v) is 7.07. The van der Waals surface area contributed by atoms with E-state index in [0.29, 0.717) is 18.4 Å². The first-order valence-electron chi connectivity index (χ1n) is 7.07. The third kappa shape index (κ3) is 2.32. The third-order valence-corrected chi connectivity index (χ3v) is 4.81. The van der Waals surface area contributed by atoms with Crippen LogP contribution in [0.3, 0.4) is 0 Å². The summed E-state index contributed by atoms with van der Waals surface area (Å²) >= 11 is 0. The van der Waals surface area contributed by atoms with Crippen LogP contribution in [0.1, 0.15) is 31.7 Å². The maximum Gasteiger partial charge on any atom is 0.0720 e. The molecule has 0 amide bonds. The zero-order chi connectivity index (χ0) is 12.5. The topological polar surface area (TPSA) is 29.5 Å². The van der Waals surface area contributed by atoms with Crippen LogP contribution in [-0.4, -0.2) is 17.3 Å². The molecule has 2 heteroatoms. The average Bonchev–Trinajstić information content (AvgIpc) is 2.73. The first-order chi connectivity index (χ1) is 8.74. The molecule has 1 aromatic carbocycles. The minimum Gasteiger partial charge on any atom is -0.393 e. The van der Waals surface area contributed by atoms with Crippen molar-refractivity contribution in [1.82, 2.24) is 0 Å². The highest BCUT2D eigenvalue weighted by molar-refractivity contribution is 5.13. The Morgan fingerprint density at radius 3 is 2.72 bits per heavy atom. The fourth-order valence-electron chi connectivity index (χ4n) is 3.65.